The molecule has 26 heavy (non-hydrogen) atoms. The van der Waals surface area contributed by atoms with Gasteiger partial charge >= 0.3 is 12.1 Å². The number of carboxylic acid groups (broad SMARTS) is 1. The van der Waals surface area contributed by atoms with Crippen molar-refractivity contribution in [2.24, 2.45) is 5.73 Å². The summed E-state index contributed by atoms with van der Waals surface area (Å²) in [5.41, 5.74) is 5.54. The second-order valence-electron chi connectivity index (χ2n) is 5.03. The number of hydrogen-bond donors (Lipinski definition) is 3. The number of carbonyl (C=O) groups is 4. The van der Waals surface area contributed by atoms with Gasteiger partial charge in [0.1, 0.15) is 6.04 Å². The van der Waals surface area contributed by atoms with Gasteiger partial charge in [-0.05, 0) is 6.42 Å². The van der Waals surface area contributed by atoms with Crippen LogP contribution < -0.4 is 11.1 Å². The van der Waals surface area contributed by atoms with Crippen LogP contribution in [0.4, 0.5) is 13.2 Å². The molecule has 0 spiro atoms. The highest BCUT2D eigenvalue weighted by atomic mass is 33.1. The largest absolute Gasteiger partial charge is 0.490 e. The van der Waals surface area contributed by atoms with Crippen LogP contribution in [0.1, 0.15) is 6.42 Å². The zero-order valence-electron chi connectivity index (χ0n) is 13.2. The monoisotopic (exact) mass is 415 g/mol. The van der Waals surface area contributed by atoms with Crippen LogP contribution in [-0.2, 0) is 19.2 Å². The topological polar surface area (TPSA) is 130 Å². The van der Waals surface area contributed by atoms with Gasteiger partial charge in [-0.2, -0.15) is 13.2 Å². The third-order valence-corrected chi connectivity index (χ3v) is 5.69. The Labute approximate surface area is 154 Å². The van der Waals surface area contributed by atoms with Gasteiger partial charge in [0.25, 0.3) is 11.8 Å². The standard InChI is InChI=1S/C11H15N3O3S2.C2HF3O2/c12-5-8(14-9(15)1-2-10(14)16)11(17)13-7-3-4-18-19-6-7;3-2(4,5)1(6)7/h1-2,7-8H,3-6,12H2,(H,13,17);(H,6,7)/t7-,8-;/m0./s1. The van der Waals surface area contributed by atoms with Crippen LogP contribution in [0.5, 0.6) is 0 Å². The number of hydrogen-bond acceptors (Lipinski definition) is 7. The minimum atomic E-state index is -5.08. The Kier molecular flexibility index (Phi) is 8.43. The van der Waals surface area contributed by atoms with Crippen LogP contribution >= 0.6 is 21.6 Å². The Hall–Kier alpha value is -1.73. The van der Waals surface area contributed by atoms with Gasteiger partial charge in [0.15, 0.2) is 0 Å². The number of rotatable bonds is 4. The lowest BCUT2D eigenvalue weighted by Crippen LogP contribution is -2.55. The van der Waals surface area contributed by atoms with Crippen LogP contribution in [0, 0.1) is 0 Å². The number of alkyl halides is 3. The van der Waals surface area contributed by atoms with Crippen molar-refractivity contribution in [2.45, 2.75) is 24.7 Å². The van der Waals surface area contributed by atoms with Gasteiger partial charge in [0, 0.05) is 36.2 Å². The van der Waals surface area contributed by atoms with E-state index in [4.69, 9.17) is 15.6 Å². The maximum absolute atomic E-state index is 12.1. The van der Waals surface area contributed by atoms with E-state index in [0.29, 0.717) is 0 Å². The lowest BCUT2D eigenvalue weighted by atomic mass is 10.2. The minimum Gasteiger partial charge on any atom is -0.475 e. The Morgan fingerprint density at radius 1 is 1.31 bits per heavy atom. The van der Waals surface area contributed by atoms with Gasteiger partial charge in [-0.25, -0.2) is 4.79 Å². The van der Waals surface area contributed by atoms with Crippen LogP contribution in [0.25, 0.3) is 0 Å². The van der Waals surface area contributed by atoms with Crippen molar-refractivity contribution < 1.29 is 37.5 Å². The molecule has 0 radical (unpaired) electrons. The summed E-state index contributed by atoms with van der Waals surface area (Å²) in [4.78, 5) is 45.1. The summed E-state index contributed by atoms with van der Waals surface area (Å²) < 4.78 is 31.7. The summed E-state index contributed by atoms with van der Waals surface area (Å²) in [5, 5.41) is 9.99. The Bertz CT molecular complexity index is 576. The molecule has 1 saturated heterocycles. The first-order valence-corrected chi connectivity index (χ1v) is 9.67. The summed E-state index contributed by atoms with van der Waals surface area (Å²) in [6.07, 6.45) is -1.88. The summed E-state index contributed by atoms with van der Waals surface area (Å²) in [5.74, 6) is -2.27. The molecule has 1 fully saturated rings. The Balaban J connectivity index is 0.000000412. The van der Waals surface area contributed by atoms with Crippen LogP contribution in [0.3, 0.4) is 0 Å². The number of nitrogens with one attached hydrogen (secondary N) is 1. The zero-order chi connectivity index (χ0) is 19.9. The van der Waals surface area contributed by atoms with Crippen molar-refractivity contribution in [3.63, 3.8) is 0 Å². The number of amides is 3. The van der Waals surface area contributed by atoms with E-state index >= 15 is 0 Å². The van der Waals surface area contributed by atoms with Crippen molar-refractivity contribution >= 4 is 45.3 Å². The highest BCUT2D eigenvalue weighted by molar-refractivity contribution is 8.76. The predicted molar refractivity (Wildman–Crippen MR) is 89.0 cm³/mol. The molecule has 0 aromatic carbocycles. The maximum atomic E-state index is 12.1. The van der Waals surface area contributed by atoms with E-state index in [9.17, 15) is 27.6 Å². The molecule has 0 aromatic heterocycles. The molecule has 2 aliphatic heterocycles. The van der Waals surface area contributed by atoms with E-state index in [1.807, 2.05) is 0 Å². The number of carboxylic acids is 1. The Morgan fingerprint density at radius 2 is 1.85 bits per heavy atom. The molecule has 2 rings (SSSR count). The first-order chi connectivity index (χ1) is 12.1. The fourth-order valence-corrected chi connectivity index (χ4v) is 4.36. The van der Waals surface area contributed by atoms with Crippen molar-refractivity contribution in [1.29, 1.82) is 0 Å². The fraction of sp³-hybridized carbons (Fsp3) is 0.538. The average molecular weight is 415 g/mol. The van der Waals surface area contributed by atoms with Gasteiger partial charge in [-0.15, -0.1) is 0 Å². The molecule has 0 saturated carbocycles. The molecule has 0 bridgehead atoms. The van der Waals surface area contributed by atoms with Crippen molar-refractivity contribution in [1.82, 2.24) is 10.2 Å². The number of aliphatic carboxylic acids is 1. The Morgan fingerprint density at radius 3 is 2.23 bits per heavy atom. The number of nitrogens with two attached hydrogens (primary N) is 1. The van der Waals surface area contributed by atoms with Crippen molar-refractivity contribution in [3.8, 4) is 0 Å². The molecule has 13 heteroatoms. The van der Waals surface area contributed by atoms with Gasteiger partial charge < -0.3 is 16.2 Å². The average Bonchev–Trinajstić information content (AvgIpc) is 2.89. The second kappa shape index (κ2) is 9.83. The van der Waals surface area contributed by atoms with Crippen molar-refractivity contribution in [2.75, 3.05) is 18.1 Å². The summed E-state index contributed by atoms with van der Waals surface area (Å²) in [6.45, 7) is -0.0698. The second-order valence-corrected chi connectivity index (χ2v) is 7.66. The van der Waals surface area contributed by atoms with E-state index in [-0.39, 0.29) is 18.5 Å². The zero-order valence-corrected chi connectivity index (χ0v) is 14.8. The quantitative estimate of drug-likeness (QED) is 0.437. The minimum absolute atomic E-state index is 0.0698. The SMILES string of the molecule is NC[C@@H](C(=O)N[C@H]1CCSSC1)N1C(=O)C=CC1=O.O=C(O)C(F)(F)F. The highest BCUT2D eigenvalue weighted by Gasteiger charge is 2.38. The molecule has 0 unspecified atom stereocenters. The van der Waals surface area contributed by atoms with Crippen LogP contribution in [0.15, 0.2) is 12.2 Å². The molecule has 8 nitrogen and oxygen atoms in total. The summed E-state index contributed by atoms with van der Waals surface area (Å²) >= 11 is 0. The van der Waals surface area contributed by atoms with Gasteiger partial charge in [-0.1, -0.05) is 21.6 Å². The van der Waals surface area contributed by atoms with Gasteiger partial charge in [0.05, 0.1) is 0 Å². The molecule has 4 N–H and O–H groups in total. The fourth-order valence-electron chi connectivity index (χ4n) is 1.92. The molecule has 2 heterocycles. The molecular weight excluding hydrogens is 399 g/mol. The van der Waals surface area contributed by atoms with Crippen LogP contribution in [0.2, 0.25) is 0 Å². The predicted octanol–water partition coefficient (Wildman–Crippen LogP) is 0.142. The van der Waals surface area contributed by atoms with Crippen LogP contribution in [-0.4, -0.2) is 70.0 Å². The molecule has 2 aliphatic rings. The normalized spacial score (nSPS) is 21.1. The van der Waals surface area contributed by atoms with E-state index in [2.05, 4.69) is 5.32 Å². The molecule has 0 aromatic rings. The molecular formula is C13H16F3N3O5S2. The van der Waals surface area contributed by atoms with Gasteiger partial charge in [0.2, 0.25) is 5.91 Å². The maximum Gasteiger partial charge on any atom is 0.490 e. The molecule has 3 amide bonds. The lowest BCUT2D eigenvalue weighted by molar-refractivity contribution is -0.192. The first kappa shape index (κ1) is 22.3. The number of imide groups is 1. The van der Waals surface area contributed by atoms with E-state index in [1.54, 1.807) is 21.6 Å². The molecule has 2 atom stereocenters. The first-order valence-electron chi connectivity index (χ1n) is 7.18. The molecule has 146 valence electrons. The smallest absolute Gasteiger partial charge is 0.475 e. The number of halogens is 3. The van der Waals surface area contributed by atoms with Crippen molar-refractivity contribution in [3.05, 3.63) is 12.2 Å². The third kappa shape index (κ3) is 6.53. The van der Waals surface area contributed by atoms with E-state index in [0.717, 1.165) is 35.0 Å². The highest BCUT2D eigenvalue weighted by Crippen LogP contribution is 2.29. The third-order valence-electron chi connectivity index (χ3n) is 3.17. The number of carbonyl (C=O) groups excluding carboxylic acids is 3. The number of nitrogens with zero attached hydrogens (tertiary/aromatic N) is 1. The lowest BCUT2D eigenvalue weighted by Gasteiger charge is -2.28. The van der Waals surface area contributed by atoms with E-state index in [1.165, 1.54) is 0 Å². The van der Waals surface area contributed by atoms with Gasteiger partial charge in [-0.3, -0.25) is 19.3 Å². The molecule has 0 aliphatic carbocycles. The summed E-state index contributed by atoms with van der Waals surface area (Å²) in [7, 11) is 3.49. The summed E-state index contributed by atoms with van der Waals surface area (Å²) in [6, 6.07) is -0.844. The van der Waals surface area contributed by atoms with E-state index < -0.39 is 30.0 Å².